The van der Waals surface area contributed by atoms with E-state index in [0.717, 1.165) is 44.4 Å². The molecule has 3 nitrogen and oxygen atoms in total. The normalized spacial score (nSPS) is 23.0. The van der Waals surface area contributed by atoms with Gasteiger partial charge in [-0.1, -0.05) is 44.7 Å². The van der Waals surface area contributed by atoms with Crippen LogP contribution in [0.4, 0.5) is 0 Å². The topological polar surface area (TPSA) is 29.5 Å². The van der Waals surface area contributed by atoms with Gasteiger partial charge in [0, 0.05) is 29.2 Å². The largest absolute Gasteiger partial charge is 0.359 e. The maximum absolute atomic E-state index is 12.7. The highest BCUT2D eigenvalue weighted by Gasteiger charge is 2.32. The van der Waals surface area contributed by atoms with Gasteiger partial charge in [0.1, 0.15) is 6.23 Å². The summed E-state index contributed by atoms with van der Waals surface area (Å²) >= 11 is 1.46. The van der Waals surface area contributed by atoms with Crippen molar-refractivity contribution in [3.63, 3.8) is 0 Å². The number of thioether (sulfide) groups is 1. The number of allylic oxidation sites excluding steroid dienone is 2. The van der Waals surface area contributed by atoms with Crippen LogP contribution in [0.2, 0.25) is 0 Å². The number of carbonyl (C=O) groups excluding carboxylic acids is 1. The number of nitrogens with zero attached hydrogens (tertiary/aromatic N) is 1. The highest BCUT2D eigenvalue weighted by atomic mass is 32.2. The first-order valence-electron chi connectivity index (χ1n) is 7.91. The predicted octanol–water partition coefficient (Wildman–Crippen LogP) is 4.11. The van der Waals surface area contributed by atoms with E-state index in [0.29, 0.717) is 0 Å². The van der Waals surface area contributed by atoms with Crippen LogP contribution in [0.15, 0.2) is 23.4 Å². The van der Waals surface area contributed by atoms with E-state index in [1.54, 1.807) is 0 Å². The molecule has 0 saturated carbocycles. The zero-order chi connectivity index (χ0) is 15.5. The Morgan fingerprint density at radius 2 is 2.14 bits per heavy atom. The highest BCUT2D eigenvalue weighted by molar-refractivity contribution is 8.15. The quantitative estimate of drug-likeness (QED) is 0.734. The molecule has 0 bridgehead atoms. The van der Waals surface area contributed by atoms with Crippen LogP contribution in [-0.2, 0) is 9.53 Å². The number of fused-ring (bicyclic) bond motifs is 1. The van der Waals surface area contributed by atoms with Gasteiger partial charge in [0.05, 0.1) is 0 Å². The summed E-state index contributed by atoms with van der Waals surface area (Å²) in [5.41, 5.74) is 2.24. The number of hydrogen-bond acceptors (Lipinski definition) is 4. The molecule has 0 amide bonds. The van der Waals surface area contributed by atoms with E-state index in [1.807, 2.05) is 6.92 Å². The van der Waals surface area contributed by atoms with Crippen molar-refractivity contribution in [3.8, 4) is 0 Å². The Morgan fingerprint density at radius 1 is 1.38 bits per heavy atom. The smallest absolute Gasteiger partial charge is 0.217 e. The third-order valence-electron chi connectivity index (χ3n) is 3.70. The van der Waals surface area contributed by atoms with Gasteiger partial charge in [-0.05, 0) is 32.6 Å². The number of hydrogen-bond donors (Lipinski definition) is 0. The van der Waals surface area contributed by atoms with Gasteiger partial charge in [0.25, 0.3) is 0 Å². The Hall–Kier alpha value is -0.740. The molecule has 2 aliphatic rings. The fourth-order valence-electron chi connectivity index (χ4n) is 2.89. The van der Waals surface area contributed by atoms with Gasteiger partial charge >= 0.3 is 0 Å². The third-order valence-corrected chi connectivity index (χ3v) is 4.75. The van der Waals surface area contributed by atoms with Crippen LogP contribution < -0.4 is 0 Å². The first-order valence-corrected chi connectivity index (χ1v) is 8.72. The summed E-state index contributed by atoms with van der Waals surface area (Å²) in [6, 6.07) is 0. The van der Waals surface area contributed by atoms with Crippen molar-refractivity contribution in [1.82, 2.24) is 4.90 Å². The lowest BCUT2D eigenvalue weighted by molar-refractivity contribution is -0.109. The Morgan fingerprint density at radius 3 is 2.81 bits per heavy atom. The highest BCUT2D eigenvalue weighted by Crippen LogP contribution is 2.37. The minimum atomic E-state index is -0.0325. The summed E-state index contributed by atoms with van der Waals surface area (Å²) in [4.78, 5) is 15.0. The SMILES string of the molecule is CCOC1CCC(C(=O)SC(C)(C)C)=C2CCC=CCN21. The molecule has 2 heterocycles. The van der Waals surface area contributed by atoms with Crippen molar-refractivity contribution in [2.45, 2.75) is 64.4 Å². The minimum absolute atomic E-state index is 0.0325. The Balaban J connectivity index is 2.26. The summed E-state index contributed by atoms with van der Waals surface area (Å²) in [6.07, 6.45) is 8.27. The standard InChI is InChI=1S/C17H27NO2S/c1-5-20-15-11-10-13(16(19)21-17(2,3)4)14-9-7-6-8-12-18(14)15/h6,8,15H,5,7,9-12H2,1-4H3. The molecule has 2 rings (SSSR count). The second kappa shape index (κ2) is 7.01. The third kappa shape index (κ3) is 4.36. The minimum Gasteiger partial charge on any atom is -0.359 e. The van der Waals surface area contributed by atoms with Gasteiger partial charge in [0.2, 0.25) is 5.12 Å². The molecule has 4 heteroatoms. The van der Waals surface area contributed by atoms with Gasteiger partial charge in [0.15, 0.2) is 0 Å². The molecule has 0 aromatic rings. The molecule has 0 aromatic carbocycles. The van der Waals surface area contributed by atoms with Gasteiger partial charge in [-0.3, -0.25) is 4.79 Å². The lowest BCUT2D eigenvalue weighted by Crippen LogP contribution is -2.41. The molecule has 118 valence electrons. The first kappa shape index (κ1) is 16.6. The van der Waals surface area contributed by atoms with E-state index in [9.17, 15) is 4.79 Å². The van der Waals surface area contributed by atoms with Crippen molar-refractivity contribution in [2.24, 2.45) is 0 Å². The van der Waals surface area contributed by atoms with Crippen LogP contribution in [0, 0.1) is 0 Å². The maximum Gasteiger partial charge on any atom is 0.217 e. The van der Waals surface area contributed by atoms with Crippen LogP contribution in [0.25, 0.3) is 0 Å². The second-order valence-corrected chi connectivity index (χ2v) is 8.34. The first-order chi connectivity index (χ1) is 9.92. The lowest BCUT2D eigenvalue weighted by atomic mass is 9.99. The predicted molar refractivity (Wildman–Crippen MR) is 89.1 cm³/mol. The molecule has 0 radical (unpaired) electrons. The molecule has 1 unspecified atom stereocenters. The Bertz CT molecular complexity index is 448. The van der Waals surface area contributed by atoms with E-state index in [1.165, 1.54) is 17.5 Å². The molecule has 0 fully saturated rings. The summed E-state index contributed by atoms with van der Waals surface area (Å²) in [5.74, 6) is 0. The molecule has 1 atom stereocenters. The molecule has 21 heavy (non-hydrogen) atoms. The lowest BCUT2D eigenvalue weighted by Gasteiger charge is -2.39. The monoisotopic (exact) mass is 309 g/mol. The van der Waals surface area contributed by atoms with E-state index in [4.69, 9.17) is 4.74 Å². The van der Waals surface area contributed by atoms with Crippen molar-refractivity contribution >= 4 is 16.9 Å². The average Bonchev–Trinajstić information content (AvgIpc) is 2.63. The summed E-state index contributed by atoms with van der Waals surface area (Å²) in [6.45, 7) is 9.90. The molecule has 0 aromatic heterocycles. The molecule has 0 N–H and O–H groups in total. The zero-order valence-electron chi connectivity index (χ0n) is 13.6. The number of ether oxygens (including phenoxy) is 1. The molecule has 2 aliphatic heterocycles. The average molecular weight is 309 g/mol. The van der Waals surface area contributed by atoms with Crippen LogP contribution >= 0.6 is 11.8 Å². The number of rotatable bonds is 3. The molecule has 0 spiro atoms. The van der Waals surface area contributed by atoms with Gasteiger partial charge in [-0.25, -0.2) is 0 Å². The summed E-state index contributed by atoms with van der Waals surface area (Å²) in [7, 11) is 0. The Labute approximate surface area is 132 Å². The van der Waals surface area contributed by atoms with Crippen molar-refractivity contribution in [1.29, 1.82) is 0 Å². The molecule has 0 aliphatic carbocycles. The van der Waals surface area contributed by atoms with Crippen molar-refractivity contribution in [3.05, 3.63) is 23.4 Å². The summed E-state index contributed by atoms with van der Waals surface area (Å²) in [5, 5.41) is 0.249. The van der Waals surface area contributed by atoms with E-state index >= 15 is 0 Å². The molecular weight excluding hydrogens is 282 g/mol. The molecule has 0 saturated heterocycles. The number of carbonyl (C=O) groups is 1. The zero-order valence-corrected chi connectivity index (χ0v) is 14.5. The van der Waals surface area contributed by atoms with Gasteiger partial charge < -0.3 is 9.64 Å². The van der Waals surface area contributed by atoms with Crippen LogP contribution in [0.1, 0.15) is 53.4 Å². The van der Waals surface area contributed by atoms with Crippen LogP contribution in [0.3, 0.4) is 0 Å². The second-order valence-electron chi connectivity index (χ2n) is 6.54. The van der Waals surface area contributed by atoms with Crippen molar-refractivity contribution in [2.75, 3.05) is 13.2 Å². The summed E-state index contributed by atoms with van der Waals surface area (Å²) < 4.78 is 5.84. The van der Waals surface area contributed by atoms with Gasteiger partial charge in [-0.15, -0.1) is 0 Å². The Kier molecular flexibility index (Phi) is 5.55. The fraction of sp³-hybridized carbons (Fsp3) is 0.706. The fourth-order valence-corrected chi connectivity index (χ4v) is 3.79. The van der Waals surface area contributed by atoms with E-state index in [2.05, 4.69) is 37.8 Å². The molecular formula is C17H27NO2S. The van der Waals surface area contributed by atoms with E-state index < -0.39 is 0 Å². The maximum atomic E-state index is 12.7. The van der Waals surface area contributed by atoms with Crippen LogP contribution in [-0.4, -0.2) is 34.1 Å². The van der Waals surface area contributed by atoms with Crippen LogP contribution in [0.5, 0.6) is 0 Å². The van der Waals surface area contributed by atoms with Gasteiger partial charge in [-0.2, -0.15) is 0 Å². The van der Waals surface area contributed by atoms with Crippen molar-refractivity contribution < 1.29 is 9.53 Å². The van der Waals surface area contributed by atoms with E-state index in [-0.39, 0.29) is 16.1 Å².